The van der Waals surface area contributed by atoms with E-state index in [9.17, 15) is 14.4 Å². The molecule has 8 heteroatoms. The van der Waals surface area contributed by atoms with E-state index in [1.54, 1.807) is 0 Å². The SMILES string of the molecule is CC(=O)N[C@H](Cc1ccc(N(CCCl)CCCl)cc1)C(=O)O[C@@H]1CC[C@H]2[C@@H]3CC[C@@H]4CC(=O)CC[C@]4(C)[C@H]3CC[C@]12C. The summed E-state index contributed by atoms with van der Waals surface area (Å²) < 4.78 is 6.33. The third-order valence-electron chi connectivity index (χ3n) is 11.8. The lowest BCUT2D eigenvalue weighted by Gasteiger charge is -2.60. The molecule has 4 aliphatic rings. The molecule has 0 bridgehead atoms. The summed E-state index contributed by atoms with van der Waals surface area (Å²) in [5.41, 5.74) is 2.21. The Kier molecular flexibility index (Phi) is 9.83. The quantitative estimate of drug-likeness (QED) is 0.238. The summed E-state index contributed by atoms with van der Waals surface area (Å²) in [5.74, 6) is 3.29. The highest BCUT2D eigenvalue weighted by atomic mass is 35.5. The van der Waals surface area contributed by atoms with E-state index in [1.165, 1.54) is 13.3 Å². The van der Waals surface area contributed by atoms with Crippen molar-refractivity contribution in [3.63, 3.8) is 0 Å². The van der Waals surface area contributed by atoms with E-state index in [0.717, 1.165) is 62.6 Å². The molecule has 6 nitrogen and oxygen atoms in total. The fourth-order valence-electron chi connectivity index (χ4n) is 9.50. The van der Waals surface area contributed by atoms with Crippen LogP contribution in [-0.2, 0) is 25.5 Å². The number of alkyl halides is 2. The van der Waals surface area contributed by atoms with E-state index in [2.05, 4.69) is 24.1 Å². The van der Waals surface area contributed by atoms with Crippen LogP contribution in [0.3, 0.4) is 0 Å². The molecule has 4 fully saturated rings. The van der Waals surface area contributed by atoms with Crippen molar-refractivity contribution in [2.24, 2.45) is 34.5 Å². The third kappa shape index (κ3) is 6.22. The van der Waals surface area contributed by atoms with Crippen LogP contribution in [0.4, 0.5) is 5.69 Å². The molecule has 0 aliphatic heterocycles. The van der Waals surface area contributed by atoms with Gasteiger partial charge in [0.05, 0.1) is 0 Å². The summed E-state index contributed by atoms with van der Waals surface area (Å²) >= 11 is 11.9. The predicted molar refractivity (Wildman–Crippen MR) is 168 cm³/mol. The number of esters is 1. The number of benzene rings is 1. The van der Waals surface area contributed by atoms with E-state index in [4.69, 9.17) is 27.9 Å². The number of ether oxygens (including phenoxy) is 1. The second kappa shape index (κ2) is 13.1. The average Bonchev–Trinajstić information content (AvgIpc) is 3.29. The molecule has 1 amide bonds. The molecular weight excluding hydrogens is 571 g/mol. The van der Waals surface area contributed by atoms with Crippen LogP contribution in [-0.4, -0.2) is 54.7 Å². The topological polar surface area (TPSA) is 75.7 Å². The zero-order chi connectivity index (χ0) is 30.1. The van der Waals surface area contributed by atoms with Crippen molar-refractivity contribution in [3.8, 4) is 0 Å². The molecule has 0 unspecified atom stereocenters. The van der Waals surface area contributed by atoms with Crippen LogP contribution >= 0.6 is 23.2 Å². The Morgan fingerprint density at radius 3 is 2.33 bits per heavy atom. The summed E-state index contributed by atoms with van der Waals surface area (Å²) in [6.07, 6.45) is 9.31. The summed E-state index contributed by atoms with van der Waals surface area (Å²) in [6.45, 7) is 7.67. The van der Waals surface area contributed by atoms with E-state index in [0.29, 0.717) is 60.7 Å². The number of halogens is 2. The van der Waals surface area contributed by atoms with E-state index in [1.807, 2.05) is 24.3 Å². The van der Waals surface area contributed by atoms with Gasteiger partial charge in [-0.1, -0.05) is 26.0 Å². The molecule has 0 radical (unpaired) electrons. The predicted octanol–water partition coefficient (Wildman–Crippen LogP) is 6.54. The molecule has 0 spiro atoms. The number of carbonyl (C=O) groups is 3. The third-order valence-corrected chi connectivity index (χ3v) is 12.1. The Hall–Kier alpha value is -1.79. The Morgan fingerprint density at radius 1 is 0.976 bits per heavy atom. The first kappa shape index (κ1) is 31.6. The van der Waals surface area contributed by atoms with Gasteiger partial charge in [-0.25, -0.2) is 4.79 Å². The second-order valence-corrected chi connectivity index (χ2v) is 14.7. The largest absolute Gasteiger partial charge is 0.460 e. The fourth-order valence-corrected chi connectivity index (χ4v) is 9.91. The lowest BCUT2D eigenvalue weighted by atomic mass is 9.45. The van der Waals surface area contributed by atoms with Gasteiger partial charge in [0.25, 0.3) is 0 Å². The Balaban J connectivity index is 1.26. The van der Waals surface area contributed by atoms with Gasteiger partial charge in [-0.2, -0.15) is 0 Å². The van der Waals surface area contributed by atoms with Crippen molar-refractivity contribution in [2.45, 2.75) is 97.1 Å². The smallest absolute Gasteiger partial charge is 0.329 e. The van der Waals surface area contributed by atoms with Gasteiger partial charge in [0.2, 0.25) is 5.91 Å². The maximum atomic E-state index is 13.6. The molecule has 1 aromatic carbocycles. The summed E-state index contributed by atoms with van der Waals surface area (Å²) in [5, 5.41) is 2.86. The van der Waals surface area contributed by atoms with Crippen molar-refractivity contribution in [2.75, 3.05) is 29.7 Å². The summed E-state index contributed by atoms with van der Waals surface area (Å²) in [7, 11) is 0. The fraction of sp³-hybridized carbons (Fsp3) is 0.735. The maximum Gasteiger partial charge on any atom is 0.329 e. The van der Waals surface area contributed by atoms with Crippen molar-refractivity contribution in [1.82, 2.24) is 5.32 Å². The average molecular weight is 620 g/mol. The number of rotatable bonds is 10. The molecule has 42 heavy (non-hydrogen) atoms. The highest BCUT2D eigenvalue weighted by molar-refractivity contribution is 6.18. The molecular formula is C34H48Cl2N2O4. The zero-order valence-electron chi connectivity index (χ0n) is 25.5. The molecule has 1 N–H and O–H groups in total. The van der Waals surface area contributed by atoms with Gasteiger partial charge in [-0.3, -0.25) is 9.59 Å². The van der Waals surface area contributed by atoms with Crippen LogP contribution in [0.2, 0.25) is 0 Å². The number of anilines is 1. The van der Waals surface area contributed by atoms with Crippen LogP contribution in [0.5, 0.6) is 0 Å². The van der Waals surface area contributed by atoms with Crippen LogP contribution in [0.15, 0.2) is 24.3 Å². The van der Waals surface area contributed by atoms with Crippen LogP contribution in [0, 0.1) is 34.5 Å². The minimum Gasteiger partial charge on any atom is -0.460 e. The first-order valence-corrected chi connectivity index (χ1v) is 17.1. The summed E-state index contributed by atoms with van der Waals surface area (Å²) in [4.78, 5) is 40.1. The van der Waals surface area contributed by atoms with Crippen molar-refractivity contribution < 1.29 is 19.1 Å². The van der Waals surface area contributed by atoms with Gasteiger partial charge < -0.3 is 15.0 Å². The van der Waals surface area contributed by atoms with Crippen LogP contribution in [0.25, 0.3) is 0 Å². The monoisotopic (exact) mass is 618 g/mol. The molecule has 0 heterocycles. The van der Waals surface area contributed by atoms with Crippen LogP contribution < -0.4 is 10.2 Å². The Bertz CT molecular complexity index is 1140. The number of nitrogens with zero attached hydrogens (tertiary/aromatic N) is 1. The first-order valence-electron chi connectivity index (χ1n) is 16.0. The van der Waals surface area contributed by atoms with Gasteiger partial charge in [0.15, 0.2) is 0 Å². The zero-order valence-corrected chi connectivity index (χ0v) is 27.0. The lowest BCUT2D eigenvalue weighted by molar-refractivity contribution is -0.167. The molecule has 4 aliphatic carbocycles. The number of amides is 1. The molecule has 8 atom stereocenters. The maximum absolute atomic E-state index is 13.6. The molecule has 1 aromatic rings. The van der Waals surface area contributed by atoms with Gasteiger partial charge in [-0.05, 0) is 91.7 Å². The number of hydrogen-bond acceptors (Lipinski definition) is 5. The standard InChI is InChI=1S/C34H48Cl2N2O4/c1-22(39)37-30(20-23-4-7-25(8-5-23)38(18-16-35)19-17-36)32(41)42-31-11-10-28-27-9-6-24-21-26(40)12-14-33(24,2)29(27)13-15-34(28,31)3/h4-5,7-8,24,27-31H,6,9-21H2,1-3H3,(H,37,39)/t24-,27+,28+,29+,30-,31-,33+,34+/m1/s1. The number of carbonyl (C=O) groups excluding carboxylic acids is 3. The van der Waals surface area contributed by atoms with Gasteiger partial charge >= 0.3 is 5.97 Å². The Morgan fingerprint density at radius 2 is 1.67 bits per heavy atom. The van der Waals surface area contributed by atoms with E-state index >= 15 is 0 Å². The van der Waals surface area contributed by atoms with Gasteiger partial charge in [0, 0.05) is 62.1 Å². The molecule has 5 rings (SSSR count). The number of ketones is 1. The Labute approximate surface area is 261 Å². The minimum absolute atomic E-state index is 0.0404. The minimum atomic E-state index is -0.733. The number of fused-ring (bicyclic) bond motifs is 5. The second-order valence-electron chi connectivity index (χ2n) is 13.9. The molecule has 0 saturated heterocycles. The normalized spacial score (nSPS) is 34.5. The van der Waals surface area contributed by atoms with Crippen LogP contribution in [0.1, 0.15) is 84.1 Å². The molecule has 232 valence electrons. The van der Waals surface area contributed by atoms with Crippen molar-refractivity contribution in [1.29, 1.82) is 0 Å². The van der Waals surface area contributed by atoms with Gasteiger partial charge in [-0.15, -0.1) is 23.2 Å². The summed E-state index contributed by atoms with van der Waals surface area (Å²) in [6, 6.07) is 7.29. The van der Waals surface area contributed by atoms with E-state index in [-0.39, 0.29) is 28.8 Å². The number of Topliss-reactive ketones (excluding diaryl/α,β-unsaturated/α-hetero) is 1. The van der Waals surface area contributed by atoms with Crippen molar-refractivity contribution >= 4 is 46.5 Å². The van der Waals surface area contributed by atoms with E-state index < -0.39 is 6.04 Å². The molecule has 4 saturated carbocycles. The molecule has 0 aromatic heterocycles. The first-order chi connectivity index (χ1) is 20.1. The number of nitrogens with one attached hydrogen (secondary N) is 1. The number of hydrogen-bond donors (Lipinski definition) is 1. The van der Waals surface area contributed by atoms with Crippen molar-refractivity contribution in [3.05, 3.63) is 29.8 Å². The van der Waals surface area contributed by atoms with Gasteiger partial charge in [0.1, 0.15) is 17.9 Å². The highest BCUT2D eigenvalue weighted by Crippen LogP contribution is 2.66. The highest BCUT2D eigenvalue weighted by Gasteiger charge is 2.61. The lowest BCUT2D eigenvalue weighted by Crippen LogP contribution is -2.54.